The van der Waals surface area contributed by atoms with Crippen molar-refractivity contribution < 1.29 is 27.5 Å². The zero-order valence-corrected chi connectivity index (χ0v) is 15.8. The Kier molecular flexibility index (Phi) is 5.05. The Bertz CT molecular complexity index is 1110. The molecule has 4 rings (SSSR count). The Morgan fingerprint density at radius 3 is 2.69 bits per heavy atom. The van der Waals surface area contributed by atoms with Crippen LogP contribution in [0.25, 0.3) is 11.0 Å². The fourth-order valence-corrected chi connectivity index (χ4v) is 3.56. The molecule has 1 atom stereocenters. The van der Waals surface area contributed by atoms with Crippen LogP contribution in [0, 0.1) is 11.6 Å². The van der Waals surface area contributed by atoms with Crippen molar-refractivity contribution in [1.82, 2.24) is 0 Å². The first-order valence-corrected chi connectivity index (χ1v) is 9.38. The number of aryl methyl sites for hydroxylation is 2. The van der Waals surface area contributed by atoms with Gasteiger partial charge in [-0.25, -0.2) is 8.78 Å². The van der Waals surface area contributed by atoms with Gasteiger partial charge in [-0.15, -0.1) is 0 Å². The first kappa shape index (κ1) is 19.1. The molecule has 0 aliphatic heterocycles. The quantitative estimate of drug-likeness (QED) is 0.649. The minimum absolute atomic E-state index is 0.0473. The lowest BCUT2D eigenvalue weighted by Crippen LogP contribution is -2.30. The van der Waals surface area contributed by atoms with Crippen LogP contribution in [0.15, 0.2) is 41.0 Å². The SMILES string of the molecule is CC(OC(=O)Cc1coc2cc3c(cc12)CCC3)C(=O)Nc1ccc(F)cc1F. The Labute approximate surface area is 165 Å². The van der Waals surface area contributed by atoms with Crippen molar-refractivity contribution in [2.75, 3.05) is 5.32 Å². The fraction of sp³-hybridized carbons (Fsp3) is 0.273. The third-order valence-electron chi connectivity index (χ3n) is 5.07. The highest BCUT2D eigenvalue weighted by Gasteiger charge is 2.21. The van der Waals surface area contributed by atoms with E-state index >= 15 is 0 Å². The summed E-state index contributed by atoms with van der Waals surface area (Å²) in [5.74, 6) is -2.97. The lowest BCUT2D eigenvalue weighted by atomic mass is 10.0. The first-order valence-electron chi connectivity index (χ1n) is 9.38. The number of amides is 1. The third kappa shape index (κ3) is 3.99. The number of anilines is 1. The molecule has 2 aromatic carbocycles. The molecule has 150 valence electrons. The summed E-state index contributed by atoms with van der Waals surface area (Å²) < 4.78 is 37.4. The number of halogens is 2. The number of benzene rings is 2. The number of rotatable bonds is 5. The molecule has 29 heavy (non-hydrogen) atoms. The smallest absolute Gasteiger partial charge is 0.311 e. The molecule has 1 unspecified atom stereocenters. The van der Waals surface area contributed by atoms with Gasteiger partial charge >= 0.3 is 5.97 Å². The van der Waals surface area contributed by atoms with E-state index in [1.54, 1.807) is 0 Å². The van der Waals surface area contributed by atoms with Gasteiger partial charge in [-0.1, -0.05) is 0 Å². The lowest BCUT2D eigenvalue weighted by molar-refractivity contribution is -0.152. The summed E-state index contributed by atoms with van der Waals surface area (Å²) in [6, 6.07) is 6.85. The van der Waals surface area contributed by atoms with Gasteiger partial charge in [-0.2, -0.15) is 0 Å². The van der Waals surface area contributed by atoms with Crippen LogP contribution < -0.4 is 5.32 Å². The zero-order valence-electron chi connectivity index (χ0n) is 15.8. The highest BCUT2D eigenvalue weighted by Crippen LogP contribution is 2.30. The van der Waals surface area contributed by atoms with Crippen LogP contribution in [-0.4, -0.2) is 18.0 Å². The van der Waals surface area contributed by atoms with E-state index in [1.165, 1.54) is 24.3 Å². The number of hydrogen-bond donors (Lipinski definition) is 1. The average Bonchev–Trinajstić information content (AvgIpc) is 3.28. The molecule has 1 N–H and O–H groups in total. The summed E-state index contributed by atoms with van der Waals surface area (Å²) in [7, 11) is 0. The van der Waals surface area contributed by atoms with E-state index in [-0.39, 0.29) is 12.1 Å². The molecule has 1 aromatic heterocycles. The number of fused-ring (bicyclic) bond motifs is 2. The number of hydrogen-bond acceptors (Lipinski definition) is 4. The summed E-state index contributed by atoms with van der Waals surface area (Å²) in [4.78, 5) is 24.5. The van der Waals surface area contributed by atoms with Crippen molar-refractivity contribution >= 4 is 28.5 Å². The number of carbonyl (C=O) groups is 2. The highest BCUT2D eigenvalue weighted by atomic mass is 19.1. The summed E-state index contributed by atoms with van der Waals surface area (Å²) >= 11 is 0. The monoisotopic (exact) mass is 399 g/mol. The Hall–Kier alpha value is -3.22. The predicted molar refractivity (Wildman–Crippen MR) is 102 cm³/mol. The summed E-state index contributed by atoms with van der Waals surface area (Å²) in [6.45, 7) is 1.38. The standard InChI is InChI=1S/C22H19F2NO4/c1-12(22(27)25-19-6-5-16(23)10-18(19)24)29-21(26)9-15-11-28-20-8-14-4-2-3-13(14)7-17(15)20/h5-8,10-12H,2-4,9H2,1H3,(H,25,27). The van der Waals surface area contributed by atoms with Gasteiger partial charge in [0, 0.05) is 17.0 Å². The molecule has 0 fully saturated rings. The second-order valence-corrected chi connectivity index (χ2v) is 7.15. The van der Waals surface area contributed by atoms with E-state index in [4.69, 9.17) is 9.15 Å². The number of carbonyl (C=O) groups excluding carboxylic acids is 2. The highest BCUT2D eigenvalue weighted by molar-refractivity contribution is 5.95. The van der Waals surface area contributed by atoms with Crippen LogP contribution in [0.5, 0.6) is 0 Å². The summed E-state index contributed by atoms with van der Waals surface area (Å²) in [5.41, 5.74) is 3.78. The zero-order chi connectivity index (χ0) is 20.5. The fourth-order valence-electron chi connectivity index (χ4n) is 3.56. The molecule has 1 heterocycles. The van der Waals surface area contributed by atoms with E-state index in [0.717, 1.165) is 42.4 Å². The van der Waals surface area contributed by atoms with Crippen LogP contribution in [0.4, 0.5) is 14.5 Å². The average molecular weight is 399 g/mol. The normalized spacial score (nSPS) is 13.9. The molecule has 0 saturated heterocycles. The second kappa shape index (κ2) is 7.66. The van der Waals surface area contributed by atoms with Gasteiger partial charge in [0.05, 0.1) is 18.4 Å². The van der Waals surface area contributed by atoms with Gasteiger partial charge in [-0.05, 0) is 61.6 Å². The van der Waals surface area contributed by atoms with Crippen molar-refractivity contribution in [2.45, 2.75) is 38.7 Å². The minimum atomic E-state index is -1.14. The van der Waals surface area contributed by atoms with Crippen molar-refractivity contribution in [1.29, 1.82) is 0 Å². The number of nitrogens with one attached hydrogen (secondary N) is 1. The van der Waals surface area contributed by atoms with Crippen LogP contribution in [0.3, 0.4) is 0 Å². The number of furan rings is 1. The van der Waals surface area contributed by atoms with Gasteiger partial charge in [-0.3, -0.25) is 9.59 Å². The molecule has 0 saturated carbocycles. The molecule has 5 nitrogen and oxygen atoms in total. The molecule has 0 spiro atoms. The van der Waals surface area contributed by atoms with E-state index in [2.05, 4.69) is 11.4 Å². The maximum atomic E-state index is 13.7. The van der Waals surface area contributed by atoms with Crippen molar-refractivity contribution in [2.24, 2.45) is 0 Å². The molecule has 3 aromatic rings. The Balaban J connectivity index is 1.40. The van der Waals surface area contributed by atoms with Gasteiger partial charge in [0.25, 0.3) is 5.91 Å². The van der Waals surface area contributed by atoms with Gasteiger partial charge < -0.3 is 14.5 Å². The van der Waals surface area contributed by atoms with Crippen LogP contribution in [-0.2, 0) is 33.6 Å². The van der Waals surface area contributed by atoms with Gasteiger partial charge in [0.15, 0.2) is 6.10 Å². The van der Waals surface area contributed by atoms with Gasteiger partial charge in [0.2, 0.25) is 0 Å². The largest absolute Gasteiger partial charge is 0.464 e. The number of esters is 1. The topological polar surface area (TPSA) is 68.5 Å². The van der Waals surface area contributed by atoms with Crippen molar-refractivity contribution in [3.05, 3.63) is 64.9 Å². The van der Waals surface area contributed by atoms with Crippen LogP contribution in [0.1, 0.15) is 30.0 Å². The molecule has 0 radical (unpaired) electrons. The van der Waals surface area contributed by atoms with E-state index in [9.17, 15) is 18.4 Å². The third-order valence-corrected chi connectivity index (χ3v) is 5.07. The predicted octanol–water partition coefficient (Wildman–Crippen LogP) is 4.31. The molecule has 0 bridgehead atoms. The maximum absolute atomic E-state index is 13.7. The first-order chi connectivity index (χ1) is 13.9. The summed E-state index contributed by atoms with van der Waals surface area (Å²) in [5, 5.41) is 3.15. The van der Waals surface area contributed by atoms with Crippen LogP contribution in [0.2, 0.25) is 0 Å². The molecule has 1 aliphatic rings. The molecule has 1 amide bonds. The minimum Gasteiger partial charge on any atom is -0.464 e. The maximum Gasteiger partial charge on any atom is 0.311 e. The molecule has 7 heteroatoms. The van der Waals surface area contributed by atoms with Crippen molar-refractivity contribution in [3.63, 3.8) is 0 Å². The second-order valence-electron chi connectivity index (χ2n) is 7.15. The Morgan fingerprint density at radius 2 is 1.93 bits per heavy atom. The van der Waals surface area contributed by atoms with Gasteiger partial charge in [0.1, 0.15) is 17.2 Å². The van der Waals surface area contributed by atoms with Crippen molar-refractivity contribution in [3.8, 4) is 0 Å². The lowest BCUT2D eigenvalue weighted by Gasteiger charge is -2.14. The summed E-state index contributed by atoms with van der Waals surface area (Å²) in [6.07, 6.45) is 3.49. The Morgan fingerprint density at radius 1 is 1.17 bits per heavy atom. The van der Waals surface area contributed by atoms with E-state index < -0.39 is 29.6 Å². The number of ether oxygens (including phenoxy) is 1. The van der Waals surface area contributed by atoms with E-state index in [0.29, 0.717) is 11.6 Å². The molecule has 1 aliphatic carbocycles. The molecular formula is C22H19F2NO4. The van der Waals surface area contributed by atoms with E-state index in [1.807, 2.05) is 6.07 Å². The molecular weight excluding hydrogens is 380 g/mol. The van der Waals surface area contributed by atoms with Crippen LogP contribution >= 0.6 is 0 Å².